The summed E-state index contributed by atoms with van der Waals surface area (Å²) in [7, 11) is 0. The maximum absolute atomic E-state index is 14.1. The summed E-state index contributed by atoms with van der Waals surface area (Å²) in [6.45, 7) is 1.74. The highest BCUT2D eigenvalue weighted by atomic mass is 32.1. The van der Waals surface area contributed by atoms with Crippen LogP contribution >= 0.6 is 11.3 Å². The Morgan fingerprint density at radius 2 is 2.26 bits per heavy atom. The average molecular weight is 384 g/mol. The lowest BCUT2D eigenvalue weighted by atomic mass is 10.2. The van der Waals surface area contributed by atoms with Crippen LogP contribution in [0.15, 0.2) is 46.5 Å². The Kier molecular flexibility index (Phi) is 4.47. The number of nitrogens with zero attached hydrogens (tertiary/aromatic N) is 5. The number of rotatable bonds is 5. The molecule has 0 atom stereocenters. The fraction of sp³-hybridized carbons (Fsp3) is 0.118. The molecule has 0 fully saturated rings. The van der Waals surface area contributed by atoms with E-state index < -0.39 is 11.7 Å². The first-order valence-corrected chi connectivity index (χ1v) is 8.81. The highest BCUT2D eigenvalue weighted by molar-refractivity contribution is 7.13. The molecule has 0 aliphatic carbocycles. The van der Waals surface area contributed by atoms with Crippen molar-refractivity contribution in [2.75, 3.05) is 5.32 Å². The van der Waals surface area contributed by atoms with Crippen molar-refractivity contribution in [1.82, 2.24) is 25.2 Å². The minimum atomic E-state index is -0.559. The van der Waals surface area contributed by atoms with Crippen molar-refractivity contribution >= 4 is 22.9 Å². The predicted molar refractivity (Wildman–Crippen MR) is 96.0 cm³/mol. The first-order chi connectivity index (χ1) is 13.1. The summed E-state index contributed by atoms with van der Waals surface area (Å²) in [5.41, 5.74) is 1.06. The second-order valence-electron chi connectivity index (χ2n) is 5.64. The van der Waals surface area contributed by atoms with Gasteiger partial charge in [-0.3, -0.25) is 4.79 Å². The molecule has 3 aromatic heterocycles. The van der Waals surface area contributed by atoms with Crippen LogP contribution in [-0.2, 0) is 11.2 Å². The van der Waals surface area contributed by atoms with Gasteiger partial charge in [-0.2, -0.15) is 0 Å². The quantitative estimate of drug-likeness (QED) is 0.568. The molecule has 0 saturated heterocycles. The highest BCUT2D eigenvalue weighted by Gasteiger charge is 2.16. The number of hydrogen-bond donors (Lipinski definition) is 1. The monoisotopic (exact) mass is 384 g/mol. The van der Waals surface area contributed by atoms with Crippen LogP contribution in [-0.4, -0.2) is 31.1 Å². The predicted octanol–water partition coefficient (Wildman–Crippen LogP) is 3.01. The largest absolute Gasteiger partial charge is 0.440 e. The molecule has 4 rings (SSSR count). The Hall–Kier alpha value is -3.40. The van der Waals surface area contributed by atoms with Gasteiger partial charge in [0.05, 0.1) is 28.4 Å². The lowest BCUT2D eigenvalue weighted by Crippen LogP contribution is -2.16. The summed E-state index contributed by atoms with van der Waals surface area (Å²) >= 11 is 1.50. The molecule has 10 heteroatoms. The molecule has 0 aliphatic rings. The van der Waals surface area contributed by atoms with Gasteiger partial charge in [0.2, 0.25) is 11.8 Å². The molecule has 0 radical (unpaired) electrons. The number of hydrogen-bond acceptors (Lipinski definition) is 7. The second kappa shape index (κ2) is 7.08. The SMILES string of the molecule is Cc1oc(-c2cccs2)nc1CC(=O)Nc1cc(-n2cnnn2)ccc1F. The van der Waals surface area contributed by atoms with E-state index in [1.807, 2.05) is 17.5 Å². The smallest absolute Gasteiger partial charge is 0.236 e. The molecule has 1 amide bonds. The summed E-state index contributed by atoms with van der Waals surface area (Å²) in [5, 5.41) is 15.3. The summed E-state index contributed by atoms with van der Waals surface area (Å²) in [5.74, 6) is 0.0573. The van der Waals surface area contributed by atoms with Gasteiger partial charge in [0.1, 0.15) is 17.9 Å². The molecule has 4 aromatic rings. The molecule has 8 nitrogen and oxygen atoms in total. The first-order valence-electron chi connectivity index (χ1n) is 7.93. The van der Waals surface area contributed by atoms with Gasteiger partial charge in [0, 0.05) is 0 Å². The van der Waals surface area contributed by atoms with Crippen molar-refractivity contribution in [3.8, 4) is 16.5 Å². The topological polar surface area (TPSA) is 98.7 Å². The van der Waals surface area contributed by atoms with Crippen molar-refractivity contribution in [1.29, 1.82) is 0 Å². The van der Waals surface area contributed by atoms with E-state index in [0.29, 0.717) is 23.0 Å². The van der Waals surface area contributed by atoms with E-state index in [9.17, 15) is 9.18 Å². The van der Waals surface area contributed by atoms with Gasteiger partial charge in [-0.1, -0.05) is 6.07 Å². The Balaban J connectivity index is 1.51. The fourth-order valence-electron chi connectivity index (χ4n) is 2.48. The minimum Gasteiger partial charge on any atom is -0.440 e. The molecule has 3 heterocycles. The zero-order valence-corrected chi connectivity index (χ0v) is 14.9. The fourth-order valence-corrected chi connectivity index (χ4v) is 3.12. The molecule has 0 saturated carbocycles. The van der Waals surface area contributed by atoms with Gasteiger partial charge < -0.3 is 9.73 Å². The van der Waals surface area contributed by atoms with Crippen LogP contribution in [0.5, 0.6) is 0 Å². The van der Waals surface area contributed by atoms with E-state index in [4.69, 9.17) is 4.42 Å². The van der Waals surface area contributed by atoms with Crippen LogP contribution in [0.4, 0.5) is 10.1 Å². The number of benzene rings is 1. The number of thiophene rings is 1. The minimum absolute atomic E-state index is 0.0325. The van der Waals surface area contributed by atoms with Crippen molar-refractivity contribution in [2.24, 2.45) is 0 Å². The van der Waals surface area contributed by atoms with Crippen molar-refractivity contribution in [3.05, 3.63) is 59.3 Å². The lowest BCUT2D eigenvalue weighted by Gasteiger charge is -2.08. The summed E-state index contributed by atoms with van der Waals surface area (Å²) < 4.78 is 21.1. The molecular formula is C17H13FN6O2S. The van der Waals surface area contributed by atoms with Crippen molar-refractivity contribution < 1.29 is 13.6 Å². The number of amides is 1. The summed E-state index contributed by atoms with van der Waals surface area (Å²) in [4.78, 5) is 17.6. The third kappa shape index (κ3) is 3.60. The molecule has 1 N–H and O–H groups in total. The zero-order valence-electron chi connectivity index (χ0n) is 14.1. The number of carbonyl (C=O) groups is 1. The normalized spacial score (nSPS) is 10.9. The van der Waals surface area contributed by atoms with Crippen LogP contribution in [0, 0.1) is 12.7 Å². The molecule has 27 heavy (non-hydrogen) atoms. The van der Waals surface area contributed by atoms with Gasteiger partial charge in [0.15, 0.2) is 0 Å². The molecule has 0 aliphatic heterocycles. The van der Waals surface area contributed by atoms with Gasteiger partial charge in [-0.25, -0.2) is 14.1 Å². The number of halogens is 1. The average Bonchev–Trinajstić information content (AvgIpc) is 3.39. The van der Waals surface area contributed by atoms with E-state index in [0.717, 1.165) is 4.88 Å². The maximum atomic E-state index is 14.1. The van der Waals surface area contributed by atoms with E-state index in [2.05, 4.69) is 25.8 Å². The first kappa shape index (κ1) is 17.0. The van der Waals surface area contributed by atoms with E-state index >= 15 is 0 Å². The number of carbonyl (C=O) groups excluding carboxylic acids is 1. The number of tetrazole rings is 1. The number of nitrogens with one attached hydrogen (secondary N) is 1. The van der Waals surface area contributed by atoms with Gasteiger partial charge in [-0.15, -0.1) is 16.4 Å². The Labute approximate surface area is 156 Å². The highest BCUT2D eigenvalue weighted by Crippen LogP contribution is 2.26. The Morgan fingerprint density at radius 3 is 3.00 bits per heavy atom. The van der Waals surface area contributed by atoms with Crippen molar-refractivity contribution in [2.45, 2.75) is 13.3 Å². The van der Waals surface area contributed by atoms with E-state index in [1.54, 1.807) is 6.92 Å². The zero-order chi connectivity index (χ0) is 18.8. The molecule has 136 valence electrons. The molecule has 0 bridgehead atoms. The van der Waals surface area contributed by atoms with Crippen molar-refractivity contribution in [3.63, 3.8) is 0 Å². The van der Waals surface area contributed by atoms with Crippen LogP contribution in [0.1, 0.15) is 11.5 Å². The third-order valence-electron chi connectivity index (χ3n) is 3.79. The molecule has 1 aromatic carbocycles. The lowest BCUT2D eigenvalue weighted by molar-refractivity contribution is -0.115. The van der Waals surface area contributed by atoms with Crippen LogP contribution in [0.25, 0.3) is 16.5 Å². The van der Waals surface area contributed by atoms with Crippen LogP contribution in [0.2, 0.25) is 0 Å². The standard InChI is InChI=1S/C17H13FN6O2S/c1-10-13(21-17(26-10)15-3-2-6-27-15)8-16(25)20-14-7-11(4-5-12(14)18)24-9-19-22-23-24/h2-7,9H,8H2,1H3,(H,20,25). The van der Waals surface area contributed by atoms with Crippen LogP contribution in [0.3, 0.4) is 0 Å². The number of anilines is 1. The van der Waals surface area contributed by atoms with E-state index in [-0.39, 0.29) is 12.1 Å². The summed E-state index contributed by atoms with van der Waals surface area (Å²) in [6, 6.07) is 7.99. The molecular weight excluding hydrogens is 371 g/mol. The molecule has 0 unspecified atom stereocenters. The van der Waals surface area contributed by atoms with E-state index in [1.165, 1.54) is 40.5 Å². The number of oxazole rings is 1. The maximum Gasteiger partial charge on any atom is 0.236 e. The second-order valence-corrected chi connectivity index (χ2v) is 6.59. The van der Waals surface area contributed by atoms with Gasteiger partial charge in [0.25, 0.3) is 0 Å². The number of aromatic nitrogens is 5. The Morgan fingerprint density at radius 1 is 1.37 bits per heavy atom. The summed E-state index contributed by atoms with van der Waals surface area (Å²) in [6.07, 6.45) is 1.35. The van der Waals surface area contributed by atoms with Crippen LogP contribution < -0.4 is 5.32 Å². The molecule has 0 spiro atoms. The van der Waals surface area contributed by atoms with Gasteiger partial charge in [-0.05, 0) is 47.0 Å². The van der Waals surface area contributed by atoms with Gasteiger partial charge >= 0.3 is 0 Å². The Bertz CT molecular complexity index is 1080. The number of aryl methyl sites for hydroxylation is 1. The third-order valence-corrected chi connectivity index (χ3v) is 4.65.